The van der Waals surface area contributed by atoms with E-state index in [2.05, 4.69) is 10.5 Å². The van der Waals surface area contributed by atoms with Crippen LogP contribution in [0.5, 0.6) is 11.5 Å². The molecule has 0 saturated carbocycles. The highest BCUT2D eigenvalue weighted by Gasteiger charge is 2.15. The van der Waals surface area contributed by atoms with Gasteiger partial charge in [-0.2, -0.15) is 5.10 Å². The van der Waals surface area contributed by atoms with Crippen LogP contribution >= 0.6 is 34.8 Å². The summed E-state index contributed by atoms with van der Waals surface area (Å²) in [4.78, 5) is 12.2. The molecule has 0 spiro atoms. The Kier molecular flexibility index (Phi) is 8.18. The lowest BCUT2D eigenvalue weighted by Crippen LogP contribution is -2.33. The summed E-state index contributed by atoms with van der Waals surface area (Å²) >= 11 is 17.8. The van der Waals surface area contributed by atoms with E-state index in [1.165, 1.54) is 6.21 Å². The molecule has 0 radical (unpaired) electrons. The molecule has 1 unspecified atom stereocenters. The van der Waals surface area contributed by atoms with Crippen LogP contribution in [-0.4, -0.2) is 18.2 Å². The van der Waals surface area contributed by atoms with Gasteiger partial charge in [-0.25, -0.2) is 5.43 Å². The van der Waals surface area contributed by atoms with Crippen molar-refractivity contribution in [3.63, 3.8) is 0 Å². The summed E-state index contributed by atoms with van der Waals surface area (Å²) in [6, 6.07) is 19.6. The number of hydrogen-bond acceptors (Lipinski definition) is 4. The van der Waals surface area contributed by atoms with Gasteiger partial charge < -0.3 is 9.47 Å². The van der Waals surface area contributed by atoms with Crippen molar-refractivity contribution >= 4 is 46.9 Å². The van der Waals surface area contributed by atoms with Gasteiger partial charge in [0.15, 0.2) is 6.10 Å². The molecule has 5 nitrogen and oxygen atoms in total. The van der Waals surface area contributed by atoms with Crippen molar-refractivity contribution in [2.75, 3.05) is 0 Å². The lowest BCUT2D eigenvalue weighted by atomic mass is 10.2. The third kappa shape index (κ3) is 7.17. The van der Waals surface area contributed by atoms with E-state index >= 15 is 0 Å². The minimum atomic E-state index is -0.792. The molecule has 3 rings (SSSR count). The van der Waals surface area contributed by atoms with Gasteiger partial charge in [0.25, 0.3) is 5.91 Å². The highest BCUT2D eigenvalue weighted by atomic mass is 35.5. The summed E-state index contributed by atoms with van der Waals surface area (Å²) in [6.07, 6.45) is 0.738. The Morgan fingerprint density at radius 1 is 1.00 bits per heavy atom. The van der Waals surface area contributed by atoms with Gasteiger partial charge in [0.05, 0.1) is 11.2 Å². The smallest absolute Gasteiger partial charge is 0.280 e. The number of rotatable bonds is 8. The Balaban J connectivity index is 1.47. The summed E-state index contributed by atoms with van der Waals surface area (Å²) in [7, 11) is 0. The van der Waals surface area contributed by atoms with Crippen LogP contribution in [0.4, 0.5) is 0 Å². The lowest BCUT2D eigenvalue weighted by molar-refractivity contribution is -0.127. The maximum atomic E-state index is 12.2. The van der Waals surface area contributed by atoms with Gasteiger partial charge in [-0.15, -0.1) is 0 Å². The molecule has 0 bridgehead atoms. The van der Waals surface area contributed by atoms with Crippen LogP contribution in [0.3, 0.4) is 0 Å². The van der Waals surface area contributed by atoms with E-state index in [0.717, 1.165) is 16.9 Å². The maximum Gasteiger partial charge on any atom is 0.280 e. The fourth-order valence-corrected chi connectivity index (χ4v) is 3.05. The molecule has 8 heteroatoms. The van der Waals surface area contributed by atoms with Crippen LogP contribution in [0.25, 0.3) is 0 Å². The van der Waals surface area contributed by atoms with Gasteiger partial charge in [-0.05, 0) is 72.6 Å². The van der Waals surface area contributed by atoms with Gasteiger partial charge in [-0.3, -0.25) is 4.79 Å². The van der Waals surface area contributed by atoms with Crippen LogP contribution < -0.4 is 14.9 Å². The van der Waals surface area contributed by atoms with E-state index in [0.29, 0.717) is 27.4 Å². The SMILES string of the molecule is CC(Oc1ccc(Cl)cc1Cl)C(=O)N/N=C/c1ccc(OCc2ccc(Cl)cc2)cc1. The first-order chi connectivity index (χ1) is 14.9. The molecule has 1 N–H and O–H groups in total. The van der Waals surface area contributed by atoms with Crippen LogP contribution in [-0.2, 0) is 11.4 Å². The lowest BCUT2D eigenvalue weighted by Gasteiger charge is -2.14. The molecule has 0 fully saturated rings. The van der Waals surface area contributed by atoms with Crippen LogP contribution in [0.1, 0.15) is 18.1 Å². The number of benzene rings is 3. The van der Waals surface area contributed by atoms with Crippen molar-refractivity contribution in [1.29, 1.82) is 0 Å². The first-order valence-corrected chi connectivity index (χ1v) is 10.5. The number of halogens is 3. The Bertz CT molecular complexity index is 1050. The topological polar surface area (TPSA) is 59.9 Å². The Morgan fingerprint density at radius 3 is 2.35 bits per heavy atom. The molecular weight excluding hydrogens is 459 g/mol. The van der Waals surface area contributed by atoms with Gasteiger partial charge in [0, 0.05) is 10.0 Å². The minimum absolute atomic E-state index is 0.328. The molecule has 0 aliphatic heterocycles. The quantitative estimate of drug-likeness (QED) is 0.313. The molecule has 31 heavy (non-hydrogen) atoms. The molecule has 160 valence electrons. The number of carbonyl (C=O) groups excluding carboxylic acids is 1. The Morgan fingerprint density at radius 2 is 1.68 bits per heavy atom. The molecular formula is C23H19Cl3N2O3. The second-order valence-corrected chi connectivity index (χ2v) is 7.83. The van der Waals surface area contributed by atoms with Gasteiger partial charge >= 0.3 is 0 Å². The zero-order chi connectivity index (χ0) is 22.2. The number of nitrogens with one attached hydrogen (secondary N) is 1. The number of hydrazone groups is 1. The summed E-state index contributed by atoms with van der Waals surface area (Å²) < 4.78 is 11.3. The second-order valence-electron chi connectivity index (χ2n) is 6.55. The molecule has 3 aromatic carbocycles. The van der Waals surface area contributed by atoms with E-state index in [1.54, 1.807) is 25.1 Å². The van der Waals surface area contributed by atoms with Crippen LogP contribution in [0.2, 0.25) is 15.1 Å². The summed E-state index contributed by atoms with van der Waals surface area (Å²) in [5.74, 6) is 0.676. The number of ether oxygens (including phenoxy) is 2. The Hall–Kier alpha value is -2.73. The number of nitrogens with zero attached hydrogens (tertiary/aromatic N) is 1. The normalized spacial score (nSPS) is 11.9. The zero-order valence-electron chi connectivity index (χ0n) is 16.5. The molecule has 0 aromatic heterocycles. The first kappa shape index (κ1) is 22.9. The average Bonchev–Trinajstić information content (AvgIpc) is 2.76. The minimum Gasteiger partial charge on any atom is -0.489 e. The Labute approximate surface area is 195 Å². The zero-order valence-corrected chi connectivity index (χ0v) is 18.8. The van der Waals surface area contributed by atoms with Crippen LogP contribution in [0.15, 0.2) is 71.8 Å². The number of hydrogen-bond donors (Lipinski definition) is 1. The van der Waals surface area contributed by atoms with Gasteiger partial charge in [0.2, 0.25) is 0 Å². The standard InChI is InChI=1S/C23H19Cl3N2O3/c1-15(31-22-11-8-19(25)12-21(22)26)23(29)28-27-13-16-4-9-20(10-5-16)30-14-17-2-6-18(24)7-3-17/h2-13,15H,14H2,1H3,(H,28,29)/b27-13+. The molecule has 1 atom stereocenters. The van der Waals surface area contributed by atoms with E-state index in [-0.39, 0.29) is 0 Å². The van der Waals surface area contributed by atoms with E-state index in [9.17, 15) is 4.79 Å². The summed E-state index contributed by atoms with van der Waals surface area (Å²) in [5, 5.41) is 5.46. The van der Waals surface area contributed by atoms with Crippen molar-refractivity contribution in [1.82, 2.24) is 5.43 Å². The summed E-state index contributed by atoms with van der Waals surface area (Å²) in [6.45, 7) is 2.04. The van der Waals surface area contributed by atoms with Crippen molar-refractivity contribution in [2.45, 2.75) is 19.6 Å². The fraction of sp³-hybridized carbons (Fsp3) is 0.130. The van der Waals surface area contributed by atoms with Crippen molar-refractivity contribution in [2.24, 2.45) is 5.10 Å². The summed E-state index contributed by atoms with van der Waals surface area (Å²) in [5.41, 5.74) is 4.26. The van der Waals surface area contributed by atoms with Crippen LogP contribution in [0, 0.1) is 0 Å². The molecule has 0 aliphatic carbocycles. The predicted octanol–water partition coefficient (Wildman–Crippen LogP) is 6.14. The van der Waals surface area contributed by atoms with E-state index < -0.39 is 12.0 Å². The monoisotopic (exact) mass is 476 g/mol. The largest absolute Gasteiger partial charge is 0.489 e. The van der Waals surface area contributed by atoms with Crippen molar-refractivity contribution in [3.8, 4) is 11.5 Å². The van der Waals surface area contributed by atoms with E-state index in [1.807, 2.05) is 48.5 Å². The van der Waals surface area contributed by atoms with E-state index in [4.69, 9.17) is 44.3 Å². The highest BCUT2D eigenvalue weighted by molar-refractivity contribution is 6.35. The maximum absolute atomic E-state index is 12.2. The number of amides is 1. The third-order valence-electron chi connectivity index (χ3n) is 4.15. The second kappa shape index (κ2) is 11.0. The molecule has 0 aliphatic rings. The van der Waals surface area contributed by atoms with Crippen molar-refractivity contribution < 1.29 is 14.3 Å². The molecule has 3 aromatic rings. The van der Waals surface area contributed by atoms with Gasteiger partial charge in [-0.1, -0.05) is 46.9 Å². The van der Waals surface area contributed by atoms with Gasteiger partial charge in [0.1, 0.15) is 18.1 Å². The molecule has 1 amide bonds. The number of carbonyl (C=O) groups is 1. The molecule has 0 heterocycles. The molecule has 0 saturated heterocycles. The third-order valence-corrected chi connectivity index (χ3v) is 4.94. The first-order valence-electron chi connectivity index (χ1n) is 9.32. The van der Waals surface area contributed by atoms with Crippen molar-refractivity contribution in [3.05, 3.63) is 92.9 Å². The average molecular weight is 478 g/mol. The fourth-order valence-electron chi connectivity index (χ4n) is 2.47. The highest BCUT2D eigenvalue weighted by Crippen LogP contribution is 2.28. The predicted molar refractivity (Wildman–Crippen MR) is 125 cm³/mol.